The number of hydrogen-bond donors (Lipinski definition) is 1. The average Bonchev–Trinajstić information content (AvgIpc) is 2.50. The molecule has 2 rings (SSSR count). The van der Waals surface area contributed by atoms with Crippen molar-refractivity contribution in [2.24, 2.45) is 5.41 Å². The Hall–Kier alpha value is -1.66. The first-order valence-electron chi connectivity index (χ1n) is 6.87. The van der Waals surface area contributed by atoms with Crippen molar-refractivity contribution in [2.75, 3.05) is 26.8 Å². The van der Waals surface area contributed by atoms with Crippen LogP contribution in [-0.2, 0) is 9.53 Å². The van der Waals surface area contributed by atoms with E-state index < -0.39 is 23.1 Å². The van der Waals surface area contributed by atoms with E-state index in [1.807, 2.05) is 0 Å². The van der Waals surface area contributed by atoms with E-state index in [1.54, 1.807) is 0 Å². The fraction of sp³-hybridized carbons (Fsp3) is 0.467. The summed E-state index contributed by atoms with van der Waals surface area (Å²) in [6.45, 7) is 0.440. The van der Waals surface area contributed by atoms with Gasteiger partial charge in [0.05, 0.1) is 17.2 Å². The zero-order chi connectivity index (χ0) is 16.3. The Morgan fingerprint density at radius 2 is 2.23 bits per heavy atom. The molecule has 0 aromatic heterocycles. The number of likely N-dealkylation sites (tertiary alicyclic amines) is 1. The first-order valence-corrected chi connectivity index (χ1v) is 7.25. The summed E-state index contributed by atoms with van der Waals surface area (Å²) in [6, 6.07) is 4.00. The second-order valence-corrected chi connectivity index (χ2v) is 5.83. The van der Waals surface area contributed by atoms with Crippen molar-refractivity contribution in [3.05, 3.63) is 34.6 Å². The monoisotopic (exact) mass is 329 g/mol. The van der Waals surface area contributed by atoms with Gasteiger partial charge in [0.15, 0.2) is 0 Å². The standard InChI is InChI=1S/C15H17ClFNO4/c1-22-9-15(14(20)21)6-3-7-18(8-15)13(19)10-4-2-5-11(17)12(10)16/h2,4-5H,3,6-9H2,1H3,(H,20,21). The van der Waals surface area contributed by atoms with E-state index in [0.29, 0.717) is 19.4 Å². The molecule has 0 spiro atoms. The van der Waals surface area contributed by atoms with Crippen molar-refractivity contribution >= 4 is 23.5 Å². The topological polar surface area (TPSA) is 66.8 Å². The van der Waals surface area contributed by atoms with Crippen LogP contribution < -0.4 is 0 Å². The lowest BCUT2D eigenvalue weighted by Gasteiger charge is -2.39. The highest BCUT2D eigenvalue weighted by Gasteiger charge is 2.44. The number of methoxy groups -OCH3 is 1. The van der Waals surface area contributed by atoms with E-state index in [-0.39, 0.29) is 23.7 Å². The van der Waals surface area contributed by atoms with Crippen LogP contribution in [0.1, 0.15) is 23.2 Å². The van der Waals surface area contributed by atoms with Crippen LogP contribution in [-0.4, -0.2) is 48.7 Å². The number of amides is 1. The zero-order valence-electron chi connectivity index (χ0n) is 12.1. The molecule has 1 aliphatic rings. The first-order chi connectivity index (χ1) is 10.4. The summed E-state index contributed by atoms with van der Waals surface area (Å²) >= 11 is 5.84. The minimum absolute atomic E-state index is 0.0157. The molecule has 1 unspecified atom stereocenters. The lowest BCUT2D eigenvalue weighted by Crippen LogP contribution is -2.52. The molecule has 1 N–H and O–H groups in total. The molecule has 1 saturated heterocycles. The number of carboxylic acids is 1. The molecule has 0 radical (unpaired) electrons. The molecule has 1 heterocycles. The van der Waals surface area contributed by atoms with Crippen molar-refractivity contribution in [3.8, 4) is 0 Å². The number of rotatable bonds is 4. The van der Waals surface area contributed by atoms with Gasteiger partial charge in [-0.15, -0.1) is 0 Å². The van der Waals surface area contributed by atoms with Gasteiger partial charge in [-0.25, -0.2) is 4.39 Å². The van der Waals surface area contributed by atoms with E-state index in [9.17, 15) is 19.1 Å². The predicted molar refractivity (Wildman–Crippen MR) is 78.5 cm³/mol. The number of benzene rings is 1. The molecule has 22 heavy (non-hydrogen) atoms. The van der Waals surface area contributed by atoms with Gasteiger partial charge in [-0.3, -0.25) is 9.59 Å². The molecule has 1 aromatic rings. The molecule has 7 heteroatoms. The summed E-state index contributed by atoms with van der Waals surface area (Å²) in [5, 5.41) is 9.24. The fourth-order valence-electron chi connectivity index (χ4n) is 2.77. The summed E-state index contributed by atoms with van der Waals surface area (Å²) < 4.78 is 18.5. The molecule has 1 atom stereocenters. The SMILES string of the molecule is COCC1(C(=O)O)CCCN(C(=O)c2cccc(F)c2Cl)C1. The maximum Gasteiger partial charge on any atom is 0.313 e. The minimum atomic E-state index is -1.14. The average molecular weight is 330 g/mol. The Balaban J connectivity index is 2.27. The van der Waals surface area contributed by atoms with Gasteiger partial charge in [0.2, 0.25) is 0 Å². The molecular weight excluding hydrogens is 313 g/mol. The summed E-state index contributed by atoms with van der Waals surface area (Å²) in [6.07, 6.45) is 0.963. The minimum Gasteiger partial charge on any atom is -0.481 e. The van der Waals surface area contributed by atoms with Crippen LogP contribution in [0.25, 0.3) is 0 Å². The van der Waals surface area contributed by atoms with Gasteiger partial charge in [0.1, 0.15) is 11.2 Å². The number of carbonyl (C=O) groups excluding carboxylic acids is 1. The molecule has 0 saturated carbocycles. The maximum atomic E-state index is 13.5. The van der Waals surface area contributed by atoms with Crippen LogP contribution in [0.4, 0.5) is 4.39 Å². The Morgan fingerprint density at radius 3 is 2.86 bits per heavy atom. The summed E-state index contributed by atoms with van der Waals surface area (Å²) in [7, 11) is 1.43. The number of ether oxygens (including phenoxy) is 1. The van der Waals surface area contributed by atoms with Gasteiger partial charge < -0.3 is 14.7 Å². The van der Waals surface area contributed by atoms with Crippen molar-refractivity contribution in [1.82, 2.24) is 4.90 Å². The van der Waals surface area contributed by atoms with Crippen molar-refractivity contribution < 1.29 is 23.8 Å². The molecule has 1 aromatic carbocycles. The summed E-state index contributed by atoms with van der Waals surface area (Å²) in [4.78, 5) is 25.5. The fourth-order valence-corrected chi connectivity index (χ4v) is 2.98. The van der Waals surface area contributed by atoms with Gasteiger partial charge in [-0.1, -0.05) is 17.7 Å². The number of carbonyl (C=O) groups is 2. The van der Waals surface area contributed by atoms with Gasteiger partial charge in [-0.2, -0.15) is 0 Å². The van der Waals surface area contributed by atoms with Crippen LogP contribution in [0.2, 0.25) is 5.02 Å². The predicted octanol–water partition coefficient (Wildman–Crippen LogP) is 2.43. The molecule has 5 nitrogen and oxygen atoms in total. The normalized spacial score (nSPS) is 21.7. The molecule has 1 amide bonds. The highest BCUT2D eigenvalue weighted by atomic mass is 35.5. The Bertz CT molecular complexity index is 591. The lowest BCUT2D eigenvalue weighted by molar-refractivity contribution is -0.155. The van der Waals surface area contributed by atoms with E-state index in [4.69, 9.17) is 16.3 Å². The van der Waals surface area contributed by atoms with Gasteiger partial charge in [0.25, 0.3) is 5.91 Å². The molecular formula is C15H17ClFNO4. The second-order valence-electron chi connectivity index (χ2n) is 5.45. The Kier molecular flexibility index (Phi) is 5.03. The van der Waals surface area contributed by atoms with Crippen molar-refractivity contribution in [1.29, 1.82) is 0 Å². The smallest absolute Gasteiger partial charge is 0.313 e. The van der Waals surface area contributed by atoms with Crippen molar-refractivity contribution in [2.45, 2.75) is 12.8 Å². The third-order valence-corrected chi connectivity index (χ3v) is 4.30. The number of hydrogen-bond acceptors (Lipinski definition) is 3. The van der Waals surface area contributed by atoms with Crippen molar-refractivity contribution in [3.63, 3.8) is 0 Å². The quantitative estimate of drug-likeness (QED) is 0.921. The van der Waals surface area contributed by atoms with Crippen LogP contribution in [0.15, 0.2) is 18.2 Å². The van der Waals surface area contributed by atoms with E-state index in [2.05, 4.69) is 0 Å². The Morgan fingerprint density at radius 1 is 1.50 bits per heavy atom. The molecule has 1 aliphatic heterocycles. The highest BCUT2D eigenvalue weighted by molar-refractivity contribution is 6.34. The van der Waals surface area contributed by atoms with Crippen LogP contribution in [0.3, 0.4) is 0 Å². The first kappa shape index (κ1) is 16.7. The summed E-state index contributed by atoms with van der Waals surface area (Å²) in [5.41, 5.74) is -1.09. The van der Waals surface area contributed by atoms with E-state index >= 15 is 0 Å². The van der Waals surface area contributed by atoms with Gasteiger partial charge >= 0.3 is 5.97 Å². The van der Waals surface area contributed by atoms with Gasteiger partial charge in [-0.05, 0) is 25.0 Å². The zero-order valence-corrected chi connectivity index (χ0v) is 12.9. The molecule has 1 fully saturated rings. The Labute approximate surface area is 132 Å². The van der Waals surface area contributed by atoms with Crippen LogP contribution in [0.5, 0.6) is 0 Å². The molecule has 120 valence electrons. The van der Waals surface area contributed by atoms with Gasteiger partial charge in [0, 0.05) is 20.2 Å². The van der Waals surface area contributed by atoms with E-state index in [0.717, 1.165) is 0 Å². The molecule has 0 bridgehead atoms. The second kappa shape index (κ2) is 6.62. The third kappa shape index (κ3) is 3.08. The number of aliphatic carboxylic acids is 1. The van der Waals surface area contributed by atoms with Crippen LogP contribution in [0, 0.1) is 11.2 Å². The number of piperidine rings is 1. The maximum absolute atomic E-state index is 13.5. The summed E-state index contributed by atoms with van der Waals surface area (Å²) in [5.74, 6) is -2.14. The number of carboxylic acid groups (broad SMARTS) is 1. The highest BCUT2D eigenvalue weighted by Crippen LogP contribution is 2.32. The number of nitrogens with zero attached hydrogens (tertiary/aromatic N) is 1. The third-order valence-electron chi connectivity index (χ3n) is 3.92. The largest absolute Gasteiger partial charge is 0.481 e. The van der Waals surface area contributed by atoms with Crippen LogP contribution >= 0.6 is 11.6 Å². The lowest BCUT2D eigenvalue weighted by atomic mass is 9.80. The van der Waals surface area contributed by atoms with E-state index in [1.165, 1.54) is 30.2 Å². The molecule has 0 aliphatic carbocycles. The number of halogens is 2.